The number of halogens is 2. The van der Waals surface area contributed by atoms with Gasteiger partial charge in [0.2, 0.25) is 0 Å². The second-order valence-corrected chi connectivity index (χ2v) is 9.18. The molecule has 33 heavy (non-hydrogen) atoms. The van der Waals surface area contributed by atoms with Crippen molar-refractivity contribution in [3.63, 3.8) is 0 Å². The van der Waals surface area contributed by atoms with Crippen LogP contribution in [0.5, 0.6) is 0 Å². The van der Waals surface area contributed by atoms with Crippen molar-refractivity contribution in [1.29, 1.82) is 0 Å². The fourth-order valence-corrected chi connectivity index (χ4v) is 5.17. The molecule has 0 radical (unpaired) electrons. The van der Waals surface area contributed by atoms with Gasteiger partial charge in [-0.05, 0) is 62.8 Å². The Morgan fingerprint density at radius 3 is 2.64 bits per heavy atom. The van der Waals surface area contributed by atoms with E-state index in [1.807, 2.05) is 42.6 Å². The Kier molecular flexibility index (Phi) is 8.15. The van der Waals surface area contributed by atoms with Gasteiger partial charge in [-0.25, -0.2) is 9.78 Å². The molecule has 7 nitrogen and oxygen atoms in total. The molecule has 0 unspecified atom stereocenters. The molecule has 1 aliphatic carbocycles. The van der Waals surface area contributed by atoms with Gasteiger partial charge in [0.25, 0.3) is 0 Å². The number of hydrogen-bond donors (Lipinski definition) is 1. The Labute approximate surface area is 209 Å². The van der Waals surface area contributed by atoms with Gasteiger partial charge in [-0.15, -0.1) is 36.2 Å². The Bertz CT molecular complexity index is 1070. The lowest BCUT2D eigenvalue weighted by Gasteiger charge is -2.35. The summed E-state index contributed by atoms with van der Waals surface area (Å²) >= 11 is 1.61. The molecule has 3 aromatic heterocycles. The number of ether oxygens (including phenoxy) is 1. The van der Waals surface area contributed by atoms with Crippen molar-refractivity contribution >= 4 is 53.1 Å². The predicted octanol–water partition coefficient (Wildman–Crippen LogP) is 5.75. The number of aryl methyl sites for hydroxylation is 1. The second kappa shape index (κ2) is 10.7. The standard InChI is InChI=1S/C23H25N5O2S.2ClH/c1-16-20(6-4-12-24-16)28-15-23(30-22(28)29)9-7-17(8-10-23)13-26-21-27-19(14-31-21)18-5-2-3-11-25-18;;/h2-6,11-12,14,17H,7-10,13,15H2,1H3,(H,26,27);2*1H. The van der Waals surface area contributed by atoms with Gasteiger partial charge in [0.1, 0.15) is 11.3 Å². The summed E-state index contributed by atoms with van der Waals surface area (Å²) in [6.07, 6.45) is 7.10. The first-order chi connectivity index (χ1) is 15.1. The lowest BCUT2D eigenvalue weighted by atomic mass is 9.78. The maximum absolute atomic E-state index is 12.6. The Balaban J connectivity index is 0.00000153. The van der Waals surface area contributed by atoms with Gasteiger partial charge in [0.15, 0.2) is 5.13 Å². The normalized spacial score (nSPS) is 21.8. The maximum Gasteiger partial charge on any atom is 0.415 e. The second-order valence-electron chi connectivity index (χ2n) is 8.32. The minimum absolute atomic E-state index is 0. The summed E-state index contributed by atoms with van der Waals surface area (Å²) in [5, 5.41) is 6.45. The quantitative estimate of drug-likeness (QED) is 0.473. The van der Waals surface area contributed by atoms with Gasteiger partial charge in [0, 0.05) is 24.3 Å². The molecular formula is C23H27Cl2N5O2S. The molecule has 1 N–H and O–H groups in total. The van der Waals surface area contributed by atoms with E-state index in [-0.39, 0.29) is 36.5 Å². The Morgan fingerprint density at radius 2 is 1.91 bits per heavy atom. The van der Waals surface area contributed by atoms with E-state index >= 15 is 0 Å². The molecular weight excluding hydrogens is 481 g/mol. The van der Waals surface area contributed by atoms with Gasteiger partial charge in [-0.3, -0.25) is 14.9 Å². The lowest BCUT2D eigenvalue weighted by molar-refractivity contribution is 0.0148. The van der Waals surface area contributed by atoms with E-state index in [0.717, 1.165) is 60.1 Å². The maximum atomic E-state index is 12.6. The topological polar surface area (TPSA) is 80.2 Å². The zero-order valence-electron chi connectivity index (χ0n) is 18.3. The summed E-state index contributed by atoms with van der Waals surface area (Å²) in [6.45, 7) is 3.41. The van der Waals surface area contributed by atoms with E-state index in [1.54, 1.807) is 28.6 Å². The average Bonchev–Trinajstić information content (AvgIpc) is 3.39. The summed E-state index contributed by atoms with van der Waals surface area (Å²) in [7, 11) is 0. The molecule has 4 heterocycles. The van der Waals surface area contributed by atoms with Crippen LogP contribution >= 0.6 is 36.2 Å². The molecule has 176 valence electrons. The Morgan fingerprint density at radius 1 is 1.12 bits per heavy atom. The molecule has 1 saturated heterocycles. The predicted molar refractivity (Wildman–Crippen MR) is 136 cm³/mol. The third-order valence-electron chi connectivity index (χ3n) is 6.23. The number of nitrogens with one attached hydrogen (secondary N) is 1. The van der Waals surface area contributed by atoms with Crippen LogP contribution in [-0.4, -0.2) is 39.7 Å². The number of rotatable bonds is 5. The van der Waals surface area contributed by atoms with E-state index in [0.29, 0.717) is 12.5 Å². The zero-order valence-corrected chi connectivity index (χ0v) is 20.7. The monoisotopic (exact) mass is 507 g/mol. The molecule has 2 fully saturated rings. The van der Waals surface area contributed by atoms with Crippen molar-refractivity contribution in [1.82, 2.24) is 15.0 Å². The number of nitrogens with zero attached hydrogens (tertiary/aromatic N) is 4. The van der Waals surface area contributed by atoms with Crippen LogP contribution < -0.4 is 10.2 Å². The van der Waals surface area contributed by atoms with Crippen molar-refractivity contribution < 1.29 is 9.53 Å². The van der Waals surface area contributed by atoms with Crippen LogP contribution in [0.4, 0.5) is 15.6 Å². The van der Waals surface area contributed by atoms with E-state index in [1.165, 1.54) is 0 Å². The highest BCUT2D eigenvalue weighted by atomic mass is 35.5. The number of pyridine rings is 2. The van der Waals surface area contributed by atoms with Crippen molar-refractivity contribution in [2.45, 2.75) is 38.2 Å². The van der Waals surface area contributed by atoms with Gasteiger partial charge in [-0.2, -0.15) is 0 Å². The van der Waals surface area contributed by atoms with Gasteiger partial charge < -0.3 is 10.1 Å². The minimum atomic E-state index is -0.372. The van der Waals surface area contributed by atoms with Gasteiger partial charge in [0.05, 0.1) is 23.6 Å². The molecule has 1 spiro atoms. The fraction of sp³-hybridized carbons (Fsp3) is 0.391. The van der Waals surface area contributed by atoms with Crippen LogP contribution in [0, 0.1) is 12.8 Å². The van der Waals surface area contributed by atoms with Crippen LogP contribution in [0.2, 0.25) is 0 Å². The van der Waals surface area contributed by atoms with E-state index < -0.39 is 0 Å². The molecule has 2 aliphatic rings. The highest BCUT2D eigenvalue weighted by Crippen LogP contribution is 2.41. The Hall–Kier alpha value is -2.42. The van der Waals surface area contributed by atoms with E-state index in [4.69, 9.17) is 4.74 Å². The third kappa shape index (κ3) is 5.39. The molecule has 3 aromatic rings. The summed E-state index contributed by atoms with van der Waals surface area (Å²) in [5.41, 5.74) is 3.12. The van der Waals surface area contributed by atoms with Crippen molar-refractivity contribution in [2.75, 3.05) is 23.3 Å². The highest BCUT2D eigenvalue weighted by molar-refractivity contribution is 7.14. The molecule has 1 aliphatic heterocycles. The molecule has 0 bridgehead atoms. The molecule has 5 rings (SSSR count). The number of anilines is 2. The SMILES string of the molecule is Cc1ncccc1N1CC2(CCC(CNc3nc(-c4ccccn4)cs3)CC2)OC1=O.Cl.Cl. The fourth-order valence-electron chi connectivity index (χ4n) is 4.46. The summed E-state index contributed by atoms with van der Waals surface area (Å²) < 4.78 is 5.90. The van der Waals surface area contributed by atoms with Gasteiger partial charge >= 0.3 is 6.09 Å². The number of hydrogen-bond acceptors (Lipinski definition) is 7. The lowest BCUT2D eigenvalue weighted by Crippen LogP contribution is -2.39. The largest absolute Gasteiger partial charge is 0.441 e. The number of aromatic nitrogens is 3. The highest BCUT2D eigenvalue weighted by Gasteiger charge is 2.47. The smallest absolute Gasteiger partial charge is 0.415 e. The molecule has 0 atom stereocenters. The van der Waals surface area contributed by atoms with Crippen LogP contribution in [0.3, 0.4) is 0 Å². The van der Waals surface area contributed by atoms with Crippen LogP contribution in [0.1, 0.15) is 31.4 Å². The number of thiazole rings is 1. The molecule has 0 aromatic carbocycles. The molecule has 10 heteroatoms. The van der Waals surface area contributed by atoms with Gasteiger partial charge in [-0.1, -0.05) is 6.07 Å². The minimum Gasteiger partial charge on any atom is -0.441 e. The average molecular weight is 508 g/mol. The van der Waals surface area contributed by atoms with Crippen LogP contribution in [-0.2, 0) is 4.74 Å². The van der Waals surface area contributed by atoms with E-state index in [2.05, 4.69) is 20.3 Å². The summed E-state index contributed by atoms with van der Waals surface area (Å²) in [6, 6.07) is 9.65. The number of carbonyl (C=O) groups excluding carboxylic acids is 1. The summed E-state index contributed by atoms with van der Waals surface area (Å²) in [4.78, 5) is 27.6. The van der Waals surface area contributed by atoms with Crippen molar-refractivity contribution in [3.8, 4) is 11.4 Å². The molecule has 1 saturated carbocycles. The third-order valence-corrected chi connectivity index (χ3v) is 7.03. The first-order valence-corrected chi connectivity index (χ1v) is 11.5. The number of carbonyl (C=O) groups is 1. The van der Waals surface area contributed by atoms with Crippen molar-refractivity contribution in [3.05, 3.63) is 53.8 Å². The number of amides is 1. The van der Waals surface area contributed by atoms with E-state index in [9.17, 15) is 4.79 Å². The van der Waals surface area contributed by atoms with Crippen molar-refractivity contribution in [2.24, 2.45) is 5.92 Å². The zero-order chi connectivity index (χ0) is 21.3. The first-order valence-electron chi connectivity index (χ1n) is 10.6. The first kappa shape index (κ1) is 25.2. The molecule has 1 amide bonds. The van der Waals surface area contributed by atoms with Crippen LogP contribution in [0.15, 0.2) is 48.1 Å². The summed E-state index contributed by atoms with van der Waals surface area (Å²) in [5.74, 6) is 0.542. The van der Waals surface area contributed by atoms with Crippen LogP contribution in [0.25, 0.3) is 11.4 Å².